The van der Waals surface area contributed by atoms with E-state index in [2.05, 4.69) is 179 Å². The van der Waals surface area contributed by atoms with E-state index in [1.807, 2.05) is 12.1 Å². The molecule has 4 heterocycles. The summed E-state index contributed by atoms with van der Waals surface area (Å²) in [6.07, 6.45) is 3.49. The molecule has 3 aliphatic heterocycles. The monoisotopic (exact) mass is 981 g/mol. The molecular formula is C60H61F2N7O4. The summed E-state index contributed by atoms with van der Waals surface area (Å²) in [5, 5.41) is 8.98. The van der Waals surface area contributed by atoms with Crippen LogP contribution >= 0.6 is 0 Å². The van der Waals surface area contributed by atoms with Gasteiger partial charge < -0.3 is 28.9 Å². The van der Waals surface area contributed by atoms with Gasteiger partial charge in [0.05, 0.1) is 24.7 Å². The van der Waals surface area contributed by atoms with E-state index in [1.165, 1.54) is 62.1 Å². The van der Waals surface area contributed by atoms with Crippen molar-refractivity contribution in [2.45, 2.75) is 76.6 Å². The van der Waals surface area contributed by atoms with Crippen molar-refractivity contribution in [3.8, 4) is 5.75 Å². The molecule has 0 N–H and O–H groups in total. The molecule has 0 aliphatic carbocycles. The van der Waals surface area contributed by atoms with E-state index in [-0.39, 0.29) is 49.4 Å². The van der Waals surface area contributed by atoms with Gasteiger partial charge in [-0.3, -0.25) is 4.90 Å². The molecule has 3 atom stereocenters. The summed E-state index contributed by atoms with van der Waals surface area (Å²) in [6, 6.07) is 50.7. The van der Waals surface area contributed by atoms with Crippen molar-refractivity contribution in [2.24, 2.45) is 5.92 Å². The molecule has 11 nitrogen and oxygen atoms in total. The lowest BCUT2D eigenvalue weighted by Crippen LogP contribution is -2.58. The zero-order valence-electron chi connectivity index (χ0n) is 41.8. The number of amides is 2. The van der Waals surface area contributed by atoms with Crippen molar-refractivity contribution < 1.29 is 27.8 Å². The number of nitrogens with zero attached hydrogens (tertiary/aromatic N) is 7. The number of piperazine rings is 1. The van der Waals surface area contributed by atoms with Gasteiger partial charge in [-0.05, 0) is 120 Å². The zero-order chi connectivity index (χ0) is 50.3. The number of hydrogen-bond donors (Lipinski definition) is 0. The second-order valence-corrected chi connectivity index (χ2v) is 20.5. The Morgan fingerprint density at radius 1 is 0.685 bits per heavy atom. The molecule has 8 aromatic rings. The minimum absolute atomic E-state index is 0.000590. The number of hydrogen-bond acceptors (Lipinski definition) is 8. The number of urea groups is 1. The van der Waals surface area contributed by atoms with Gasteiger partial charge in [0.15, 0.2) is 6.29 Å². The van der Waals surface area contributed by atoms with Crippen LogP contribution in [0.2, 0.25) is 0 Å². The first-order valence-corrected chi connectivity index (χ1v) is 25.4. The second-order valence-electron chi connectivity index (χ2n) is 20.5. The Bertz CT molecular complexity index is 3140. The highest BCUT2D eigenvalue weighted by Crippen LogP contribution is 2.47. The van der Waals surface area contributed by atoms with Crippen LogP contribution in [0.1, 0.15) is 44.4 Å². The molecule has 73 heavy (non-hydrogen) atoms. The highest BCUT2D eigenvalue weighted by molar-refractivity contribution is 5.98. The average Bonchev–Trinajstić information content (AvgIpc) is 4.13. The Morgan fingerprint density at radius 2 is 1.26 bits per heavy atom. The van der Waals surface area contributed by atoms with Gasteiger partial charge in [-0.2, -0.15) is 5.10 Å². The molecule has 3 saturated heterocycles. The third-order valence-electron chi connectivity index (χ3n) is 15.0. The predicted molar refractivity (Wildman–Crippen MR) is 283 cm³/mol. The number of halogens is 2. The SMILES string of the molecule is CC(C)[C@@H]1N(C(C)C)C(=O)N(c2ccc(N3CCN(c4ccc(OC[C@H]5OC[C@](Cn6cncn6)(c6ccc(F)cc6F)O5)cc4)CC3)cc2)C1(Cc1ccc2ccccc2c1)Cc1ccc2ccccc2c1. The second kappa shape index (κ2) is 19.9. The highest BCUT2D eigenvalue weighted by atomic mass is 19.1. The molecule has 1 aromatic heterocycles. The maximum absolute atomic E-state index is 15.3. The third kappa shape index (κ3) is 9.47. The van der Waals surface area contributed by atoms with Gasteiger partial charge in [0.2, 0.25) is 0 Å². The summed E-state index contributed by atoms with van der Waals surface area (Å²) in [6.45, 7) is 12.3. The molecule has 3 fully saturated rings. The molecule has 0 spiro atoms. The van der Waals surface area contributed by atoms with Gasteiger partial charge >= 0.3 is 6.03 Å². The van der Waals surface area contributed by atoms with Gasteiger partial charge in [-0.25, -0.2) is 23.2 Å². The maximum atomic E-state index is 15.3. The van der Waals surface area contributed by atoms with Crippen LogP contribution in [0, 0.1) is 17.6 Å². The number of carbonyl (C=O) groups is 1. The molecule has 11 rings (SSSR count). The van der Waals surface area contributed by atoms with Crippen LogP contribution < -0.4 is 19.4 Å². The summed E-state index contributed by atoms with van der Waals surface area (Å²) < 4.78 is 49.0. The molecule has 0 unspecified atom stereocenters. The fourth-order valence-corrected chi connectivity index (χ4v) is 11.8. The summed E-state index contributed by atoms with van der Waals surface area (Å²) in [7, 11) is 0. The van der Waals surface area contributed by atoms with Crippen molar-refractivity contribution in [1.82, 2.24) is 19.7 Å². The lowest BCUT2D eigenvalue weighted by atomic mass is 9.73. The van der Waals surface area contributed by atoms with E-state index < -0.39 is 29.1 Å². The average molecular weight is 982 g/mol. The zero-order valence-corrected chi connectivity index (χ0v) is 41.8. The van der Waals surface area contributed by atoms with Crippen molar-refractivity contribution in [1.29, 1.82) is 0 Å². The predicted octanol–water partition coefficient (Wildman–Crippen LogP) is 11.4. The van der Waals surface area contributed by atoms with Crippen LogP contribution in [0.4, 0.5) is 30.6 Å². The van der Waals surface area contributed by atoms with E-state index in [0.29, 0.717) is 18.6 Å². The molecule has 0 bridgehead atoms. The van der Waals surface area contributed by atoms with Gasteiger partial charge in [0.1, 0.15) is 42.2 Å². The fourth-order valence-electron chi connectivity index (χ4n) is 11.8. The lowest BCUT2D eigenvalue weighted by Gasteiger charge is -2.44. The molecule has 2 amide bonds. The Labute approximate surface area is 425 Å². The van der Waals surface area contributed by atoms with Crippen molar-refractivity contribution >= 4 is 44.6 Å². The normalized spacial score (nSPS) is 20.1. The largest absolute Gasteiger partial charge is 0.488 e. The van der Waals surface area contributed by atoms with E-state index in [1.54, 1.807) is 0 Å². The minimum Gasteiger partial charge on any atom is -0.488 e. The highest BCUT2D eigenvalue weighted by Gasteiger charge is 2.59. The van der Waals surface area contributed by atoms with Crippen molar-refractivity contribution in [2.75, 3.05) is 54.1 Å². The van der Waals surface area contributed by atoms with Crippen molar-refractivity contribution in [3.63, 3.8) is 0 Å². The Balaban J connectivity index is 0.792. The van der Waals surface area contributed by atoms with Crippen LogP contribution in [0.25, 0.3) is 21.5 Å². The van der Waals surface area contributed by atoms with Gasteiger partial charge in [-0.15, -0.1) is 0 Å². The van der Waals surface area contributed by atoms with Gasteiger partial charge in [-0.1, -0.05) is 105 Å². The van der Waals surface area contributed by atoms with Crippen LogP contribution in [0.15, 0.2) is 164 Å². The smallest absolute Gasteiger partial charge is 0.325 e. The molecule has 7 aromatic carbocycles. The summed E-state index contributed by atoms with van der Waals surface area (Å²) in [5.41, 5.74) is 3.86. The number of aromatic nitrogens is 3. The molecular weight excluding hydrogens is 921 g/mol. The number of fused-ring (bicyclic) bond motifs is 2. The quantitative estimate of drug-likeness (QED) is 0.100. The lowest BCUT2D eigenvalue weighted by molar-refractivity contribution is -0.117. The molecule has 13 heteroatoms. The Hall–Kier alpha value is -7.35. The topological polar surface area (TPSA) is 88.4 Å². The Kier molecular flexibility index (Phi) is 13.1. The van der Waals surface area contributed by atoms with E-state index in [9.17, 15) is 4.39 Å². The van der Waals surface area contributed by atoms with Gasteiger partial charge in [0.25, 0.3) is 0 Å². The number of rotatable bonds is 15. The van der Waals surface area contributed by atoms with Crippen LogP contribution in [-0.2, 0) is 34.5 Å². The number of ether oxygens (including phenoxy) is 3. The third-order valence-corrected chi connectivity index (χ3v) is 15.0. The first-order chi connectivity index (χ1) is 35.4. The minimum atomic E-state index is -1.25. The number of anilines is 3. The summed E-state index contributed by atoms with van der Waals surface area (Å²) in [4.78, 5) is 28.4. The number of carbonyl (C=O) groups excluding carboxylic acids is 1. The maximum Gasteiger partial charge on any atom is 0.325 e. The molecule has 3 aliphatic rings. The first kappa shape index (κ1) is 47.9. The van der Waals surface area contributed by atoms with E-state index in [4.69, 9.17) is 14.2 Å². The summed E-state index contributed by atoms with van der Waals surface area (Å²) >= 11 is 0. The molecule has 374 valence electrons. The Morgan fingerprint density at radius 3 is 1.81 bits per heavy atom. The van der Waals surface area contributed by atoms with Crippen LogP contribution in [0.3, 0.4) is 0 Å². The van der Waals surface area contributed by atoms with E-state index >= 15 is 9.18 Å². The van der Waals surface area contributed by atoms with E-state index in [0.717, 1.165) is 49.3 Å². The van der Waals surface area contributed by atoms with Crippen LogP contribution in [0.5, 0.6) is 5.75 Å². The first-order valence-electron chi connectivity index (χ1n) is 25.4. The van der Waals surface area contributed by atoms with Crippen LogP contribution in [-0.4, -0.2) is 89.0 Å². The molecule has 0 radical (unpaired) electrons. The van der Waals surface area contributed by atoms with Crippen molar-refractivity contribution in [3.05, 3.63) is 193 Å². The fraction of sp³-hybridized carbons (Fsp3) is 0.317. The standard InChI is InChI=1S/C60H61F2N7O4/c1-41(2)57-59(34-43-13-15-45-9-5-7-11-47(45)31-43,35-44-14-16-46-10-6-8-12-48(46)32-44)69(58(70)68(57)42(3)4)52-20-18-50(19-21-52)65-27-29-66(30-28-65)51-22-24-53(25-23-51)71-36-56-72-38-60(73-56,37-67-40-63-39-64-67)54-26-17-49(61)33-55(54)62/h5-26,31-33,39-42,56-57H,27-30,34-38H2,1-4H3/t56-,57-,60+/m0/s1. The number of benzene rings is 7. The summed E-state index contributed by atoms with van der Waals surface area (Å²) in [5.74, 6) is -0.579. The van der Waals surface area contributed by atoms with Gasteiger partial charge in [0, 0.05) is 60.9 Å². The molecule has 0 saturated carbocycles.